The van der Waals surface area contributed by atoms with Crippen molar-refractivity contribution in [1.29, 1.82) is 0 Å². The lowest BCUT2D eigenvalue weighted by molar-refractivity contribution is -0.169. The summed E-state index contributed by atoms with van der Waals surface area (Å²) in [5.74, 6) is -1.64. The van der Waals surface area contributed by atoms with Gasteiger partial charge >= 0.3 is 11.9 Å². The van der Waals surface area contributed by atoms with Gasteiger partial charge in [-0.1, -0.05) is 0 Å². The van der Waals surface area contributed by atoms with Crippen LogP contribution in [0, 0.1) is 0 Å². The van der Waals surface area contributed by atoms with Crippen molar-refractivity contribution in [2.45, 2.75) is 19.4 Å². The van der Waals surface area contributed by atoms with E-state index in [1.54, 1.807) is 13.8 Å². The Kier molecular flexibility index (Phi) is 7.10. The first-order valence-electron chi connectivity index (χ1n) is 6.96. The van der Waals surface area contributed by atoms with E-state index in [1.807, 2.05) is 4.90 Å². The molecule has 1 aliphatic rings. The van der Waals surface area contributed by atoms with Crippen LogP contribution in [-0.4, -0.2) is 74.8 Å². The molecule has 1 rings (SSSR count). The summed E-state index contributed by atoms with van der Waals surface area (Å²) in [4.78, 5) is 37.3. The fourth-order valence-corrected chi connectivity index (χ4v) is 2.08. The van der Waals surface area contributed by atoms with E-state index in [4.69, 9.17) is 14.2 Å². The van der Waals surface area contributed by atoms with Crippen molar-refractivity contribution in [3.05, 3.63) is 0 Å². The summed E-state index contributed by atoms with van der Waals surface area (Å²) in [5.41, 5.74) is -1.84. The van der Waals surface area contributed by atoms with Crippen molar-refractivity contribution < 1.29 is 28.6 Å². The number of hydrogen-bond acceptors (Lipinski definition) is 7. The highest BCUT2D eigenvalue weighted by molar-refractivity contribution is 6.06. The van der Waals surface area contributed by atoms with Gasteiger partial charge in [0.05, 0.1) is 26.4 Å². The summed E-state index contributed by atoms with van der Waals surface area (Å²) in [6.07, 6.45) is 0.314. The van der Waals surface area contributed by atoms with Crippen LogP contribution in [0.3, 0.4) is 0 Å². The Bertz CT molecular complexity index is 350. The van der Waals surface area contributed by atoms with Crippen molar-refractivity contribution in [2.75, 3.05) is 46.1 Å². The van der Waals surface area contributed by atoms with Gasteiger partial charge in [0.15, 0.2) is 0 Å². The van der Waals surface area contributed by atoms with Gasteiger partial charge in [-0.15, -0.1) is 0 Å². The molecule has 1 heterocycles. The van der Waals surface area contributed by atoms with Gasteiger partial charge in [-0.25, -0.2) is 9.59 Å². The molecule has 0 radical (unpaired) electrons. The number of rotatable bonds is 8. The third-order valence-electron chi connectivity index (χ3n) is 3.12. The normalized spacial score (nSPS) is 16.1. The number of carbonyl (C=O) groups is 3. The number of nitrogens with zero attached hydrogens (tertiary/aromatic N) is 1. The van der Waals surface area contributed by atoms with E-state index in [1.165, 1.54) is 0 Å². The molecule has 0 aromatic carbocycles. The lowest BCUT2D eigenvalue weighted by Crippen LogP contribution is -2.65. The first-order valence-corrected chi connectivity index (χ1v) is 6.96. The quantitative estimate of drug-likeness (QED) is 0.346. The van der Waals surface area contributed by atoms with Gasteiger partial charge in [0.2, 0.25) is 11.9 Å². The maximum Gasteiger partial charge on any atom is 0.345 e. The van der Waals surface area contributed by atoms with E-state index in [2.05, 4.69) is 5.32 Å². The number of ether oxygens (including phenoxy) is 3. The molecule has 21 heavy (non-hydrogen) atoms. The van der Waals surface area contributed by atoms with Crippen molar-refractivity contribution in [2.24, 2.45) is 0 Å². The van der Waals surface area contributed by atoms with Crippen molar-refractivity contribution in [1.82, 2.24) is 10.2 Å². The maximum absolute atomic E-state index is 12.2. The Labute approximate surface area is 123 Å². The molecule has 0 unspecified atom stereocenters. The molecule has 1 fully saturated rings. The van der Waals surface area contributed by atoms with Crippen LogP contribution in [0.4, 0.5) is 0 Å². The van der Waals surface area contributed by atoms with Gasteiger partial charge in [-0.3, -0.25) is 9.69 Å². The lowest BCUT2D eigenvalue weighted by atomic mass is 9.98. The van der Waals surface area contributed by atoms with Crippen LogP contribution in [0.25, 0.3) is 0 Å². The van der Waals surface area contributed by atoms with E-state index in [0.29, 0.717) is 32.7 Å². The first kappa shape index (κ1) is 17.4. The standard InChI is InChI=1S/C13H22N2O6/c1-3-20-11(17)13(14-10-16,12(18)21-4-2)9-15-5-7-19-8-6-15/h10H,3-9H2,1-2H3,(H,14,16). The summed E-state index contributed by atoms with van der Waals surface area (Å²) < 4.78 is 15.1. The smallest absolute Gasteiger partial charge is 0.345 e. The summed E-state index contributed by atoms with van der Waals surface area (Å²) in [7, 11) is 0. The third kappa shape index (κ3) is 4.40. The maximum atomic E-state index is 12.2. The predicted octanol–water partition coefficient (Wildman–Crippen LogP) is -1.07. The predicted molar refractivity (Wildman–Crippen MR) is 72.5 cm³/mol. The second kappa shape index (κ2) is 8.58. The van der Waals surface area contributed by atoms with Gasteiger partial charge < -0.3 is 19.5 Å². The zero-order valence-electron chi connectivity index (χ0n) is 12.4. The highest BCUT2D eigenvalue weighted by Gasteiger charge is 2.50. The molecule has 0 atom stereocenters. The van der Waals surface area contributed by atoms with Gasteiger partial charge in [-0.05, 0) is 13.8 Å². The molecule has 1 amide bonds. The topological polar surface area (TPSA) is 94.2 Å². The summed E-state index contributed by atoms with van der Waals surface area (Å²) in [6, 6.07) is 0. The minimum absolute atomic E-state index is 0.00718. The number of amides is 1. The highest BCUT2D eigenvalue weighted by atomic mass is 16.6. The second-order valence-corrected chi connectivity index (χ2v) is 4.50. The van der Waals surface area contributed by atoms with E-state index in [-0.39, 0.29) is 19.8 Å². The van der Waals surface area contributed by atoms with Crippen LogP contribution in [0.15, 0.2) is 0 Å². The zero-order valence-corrected chi connectivity index (χ0v) is 12.4. The monoisotopic (exact) mass is 302 g/mol. The lowest BCUT2D eigenvalue weighted by Gasteiger charge is -2.35. The second-order valence-electron chi connectivity index (χ2n) is 4.50. The summed E-state index contributed by atoms with van der Waals surface area (Å²) in [5, 5.41) is 2.30. The molecule has 0 spiro atoms. The largest absolute Gasteiger partial charge is 0.464 e. The van der Waals surface area contributed by atoms with Gasteiger partial charge in [-0.2, -0.15) is 0 Å². The molecule has 1 aliphatic heterocycles. The highest BCUT2D eigenvalue weighted by Crippen LogP contribution is 2.14. The Balaban J connectivity index is 2.99. The number of morpholine rings is 1. The van der Waals surface area contributed by atoms with Gasteiger partial charge in [0.1, 0.15) is 0 Å². The van der Waals surface area contributed by atoms with Crippen molar-refractivity contribution in [3.63, 3.8) is 0 Å². The Hall–Kier alpha value is -1.67. The van der Waals surface area contributed by atoms with Gasteiger partial charge in [0, 0.05) is 19.6 Å². The fourth-order valence-electron chi connectivity index (χ4n) is 2.08. The molecule has 0 saturated carbocycles. The number of nitrogens with one attached hydrogen (secondary N) is 1. The van der Waals surface area contributed by atoms with Gasteiger partial charge in [0.25, 0.3) is 0 Å². The fraction of sp³-hybridized carbons (Fsp3) is 0.769. The number of carbonyl (C=O) groups excluding carboxylic acids is 3. The Morgan fingerprint density at radius 3 is 2.14 bits per heavy atom. The van der Waals surface area contributed by atoms with Crippen LogP contribution < -0.4 is 5.32 Å². The molecule has 120 valence electrons. The van der Waals surface area contributed by atoms with Crippen LogP contribution in [0.5, 0.6) is 0 Å². The van der Waals surface area contributed by atoms with Crippen LogP contribution >= 0.6 is 0 Å². The molecule has 0 aromatic heterocycles. The van der Waals surface area contributed by atoms with Crippen LogP contribution in [-0.2, 0) is 28.6 Å². The molecule has 0 aromatic rings. The summed E-state index contributed by atoms with van der Waals surface area (Å²) in [6.45, 7) is 5.57. The van der Waals surface area contributed by atoms with Crippen molar-refractivity contribution >= 4 is 18.3 Å². The average Bonchev–Trinajstić information content (AvgIpc) is 2.48. The Morgan fingerprint density at radius 1 is 1.19 bits per heavy atom. The van der Waals surface area contributed by atoms with Crippen LogP contribution in [0.1, 0.15) is 13.8 Å². The zero-order chi connectivity index (χ0) is 15.7. The molecule has 8 heteroatoms. The molecule has 0 aliphatic carbocycles. The van der Waals surface area contributed by atoms with Crippen LogP contribution in [0.2, 0.25) is 0 Å². The number of hydrogen-bond donors (Lipinski definition) is 1. The average molecular weight is 302 g/mol. The molecule has 1 saturated heterocycles. The van der Waals surface area contributed by atoms with E-state index in [0.717, 1.165) is 0 Å². The third-order valence-corrected chi connectivity index (χ3v) is 3.12. The van der Waals surface area contributed by atoms with E-state index >= 15 is 0 Å². The SMILES string of the molecule is CCOC(=O)C(CN1CCOCC1)(NC=O)C(=O)OCC. The minimum Gasteiger partial charge on any atom is -0.464 e. The molecule has 0 bridgehead atoms. The molecule has 8 nitrogen and oxygen atoms in total. The minimum atomic E-state index is -1.84. The number of esters is 2. The molecule has 1 N–H and O–H groups in total. The van der Waals surface area contributed by atoms with Crippen molar-refractivity contribution in [3.8, 4) is 0 Å². The summed E-state index contributed by atoms with van der Waals surface area (Å²) >= 11 is 0. The first-order chi connectivity index (χ1) is 10.1. The Morgan fingerprint density at radius 2 is 1.71 bits per heavy atom. The van der Waals surface area contributed by atoms with E-state index < -0.39 is 17.5 Å². The molecular formula is C13H22N2O6. The van der Waals surface area contributed by atoms with E-state index in [9.17, 15) is 14.4 Å². The molecular weight excluding hydrogens is 280 g/mol.